The number of amides is 1. The average molecular weight is 372 g/mol. The summed E-state index contributed by atoms with van der Waals surface area (Å²) < 4.78 is 5.24. The number of nitrogens with zero attached hydrogens (tertiary/aromatic N) is 3. The molecule has 140 valence electrons. The molecule has 0 fully saturated rings. The maximum atomic E-state index is 13.1. The third kappa shape index (κ3) is 3.20. The normalized spacial score (nSPS) is 10.8. The van der Waals surface area contributed by atoms with Crippen LogP contribution in [0, 0.1) is 13.8 Å². The van der Waals surface area contributed by atoms with Crippen molar-refractivity contribution in [3.05, 3.63) is 77.6 Å². The number of nitrogens with one attached hydrogen (secondary N) is 1. The van der Waals surface area contributed by atoms with Gasteiger partial charge in [0.2, 0.25) is 0 Å². The van der Waals surface area contributed by atoms with Gasteiger partial charge in [-0.05, 0) is 44.2 Å². The van der Waals surface area contributed by atoms with Crippen LogP contribution in [0.15, 0.2) is 65.2 Å². The Morgan fingerprint density at radius 3 is 2.54 bits per heavy atom. The molecule has 4 rings (SSSR count). The molecule has 6 nitrogen and oxygen atoms in total. The van der Waals surface area contributed by atoms with E-state index in [0.717, 1.165) is 17.1 Å². The number of rotatable bonds is 4. The fraction of sp³-hybridized carbons (Fsp3) is 0.136. The maximum Gasteiger partial charge on any atom is 0.258 e. The molecule has 1 N–H and O–H groups in total. The zero-order valence-electron chi connectivity index (χ0n) is 15.9. The van der Waals surface area contributed by atoms with Crippen LogP contribution < -0.4 is 10.2 Å². The molecule has 2 aromatic carbocycles. The van der Waals surface area contributed by atoms with Gasteiger partial charge in [-0.3, -0.25) is 4.79 Å². The molecule has 0 bridgehead atoms. The van der Waals surface area contributed by atoms with E-state index < -0.39 is 0 Å². The number of anilines is 3. The fourth-order valence-corrected chi connectivity index (χ4v) is 3.25. The first-order valence-corrected chi connectivity index (χ1v) is 8.97. The van der Waals surface area contributed by atoms with E-state index in [9.17, 15) is 4.79 Å². The molecule has 0 saturated carbocycles. The Morgan fingerprint density at radius 2 is 1.75 bits per heavy atom. The summed E-state index contributed by atoms with van der Waals surface area (Å²) in [5.41, 5.74) is 4.85. The van der Waals surface area contributed by atoms with Crippen molar-refractivity contribution in [3.63, 3.8) is 0 Å². The first-order chi connectivity index (χ1) is 13.5. The van der Waals surface area contributed by atoms with Gasteiger partial charge in [-0.1, -0.05) is 35.5 Å². The summed E-state index contributed by atoms with van der Waals surface area (Å²) in [7, 11) is 1.97. The van der Waals surface area contributed by atoms with Crippen LogP contribution in [0.4, 0.5) is 17.1 Å². The number of hydrogen-bond donors (Lipinski definition) is 1. The van der Waals surface area contributed by atoms with E-state index in [4.69, 9.17) is 4.52 Å². The second kappa shape index (κ2) is 7.15. The number of hydrogen-bond acceptors (Lipinski definition) is 5. The SMILES string of the molecule is Cc1cc(C(=O)Nc2ccccc2N(C)c2ccccc2)c2c(C)noc2n1. The zero-order valence-corrected chi connectivity index (χ0v) is 15.9. The van der Waals surface area contributed by atoms with E-state index >= 15 is 0 Å². The van der Waals surface area contributed by atoms with Gasteiger partial charge in [0.05, 0.1) is 28.0 Å². The Morgan fingerprint density at radius 1 is 1.04 bits per heavy atom. The zero-order chi connectivity index (χ0) is 19.7. The van der Waals surface area contributed by atoms with Gasteiger partial charge < -0.3 is 14.7 Å². The summed E-state index contributed by atoms with van der Waals surface area (Å²) in [5, 5.41) is 7.62. The average Bonchev–Trinajstić information content (AvgIpc) is 3.08. The van der Waals surface area contributed by atoms with Crippen LogP contribution in [0.5, 0.6) is 0 Å². The molecule has 0 aliphatic carbocycles. The monoisotopic (exact) mass is 372 g/mol. The van der Waals surface area contributed by atoms with E-state index in [1.807, 2.05) is 73.5 Å². The van der Waals surface area contributed by atoms with Gasteiger partial charge in [0.25, 0.3) is 11.6 Å². The lowest BCUT2D eigenvalue weighted by atomic mass is 10.1. The van der Waals surface area contributed by atoms with Gasteiger partial charge in [-0.15, -0.1) is 0 Å². The van der Waals surface area contributed by atoms with Crippen molar-refractivity contribution >= 4 is 34.1 Å². The number of pyridine rings is 1. The lowest BCUT2D eigenvalue weighted by Gasteiger charge is -2.22. The molecule has 0 spiro atoms. The highest BCUT2D eigenvalue weighted by Gasteiger charge is 2.19. The van der Waals surface area contributed by atoms with E-state index in [1.54, 1.807) is 13.0 Å². The highest BCUT2D eigenvalue weighted by Crippen LogP contribution is 2.31. The van der Waals surface area contributed by atoms with Crippen LogP contribution in [0.1, 0.15) is 21.7 Å². The van der Waals surface area contributed by atoms with Crippen molar-refractivity contribution in [2.24, 2.45) is 0 Å². The second-order valence-electron chi connectivity index (χ2n) is 6.63. The van der Waals surface area contributed by atoms with Crippen molar-refractivity contribution in [2.45, 2.75) is 13.8 Å². The van der Waals surface area contributed by atoms with Gasteiger partial charge in [0.15, 0.2) is 0 Å². The van der Waals surface area contributed by atoms with E-state index in [1.165, 1.54) is 0 Å². The minimum Gasteiger partial charge on any atom is -0.343 e. The van der Waals surface area contributed by atoms with Crippen LogP contribution in [-0.4, -0.2) is 23.1 Å². The predicted octanol–water partition coefficient (Wildman–Crippen LogP) is 4.86. The second-order valence-corrected chi connectivity index (χ2v) is 6.63. The highest BCUT2D eigenvalue weighted by atomic mass is 16.5. The predicted molar refractivity (Wildman–Crippen MR) is 110 cm³/mol. The van der Waals surface area contributed by atoms with E-state index in [-0.39, 0.29) is 5.91 Å². The molecular formula is C22H20N4O2. The third-order valence-corrected chi connectivity index (χ3v) is 4.65. The molecule has 6 heteroatoms. The molecule has 28 heavy (non-hydrogen) atoms. The topological polar surface area (TPSA) is 71.3 Å². The molecule has 2 heterocycles. The van der Waals surface area contributed by atoms with Crippen molar-refractivity contribution in [2.75, 3.05) is 17.3 Å². The van der Waals surface area contributed by atoms with Crippen LogP contribution in [-0.2, 0) is 0 Å². The molecule has 0 aliphatic heterocycles. The van der Waals surface area contributed by atoms with Crippen LogP contribution in [0.25, 0.3) is 11.1 Å². The van der Waals surface area contributed by atoms with Crippen molar-refractivity contribution in [3.8, 4) is 0 Å². The molecule has 0 radical (unpaired) electrons. The third-order valence-electron chi connectivity index (χ3n) is 4.65. The molecule has 4 aromatic rings. The molecule has 0 aliphatic rings. The number of aromatic nitrogens is 2. The number of benzene rings is 2. The number of carbonyl (C=O) groups excluding carboxylic acids is 1. The van der Waals surface area contributed by atoms with Crippen molar-refractivity contribution in [1.82, 2.24) is 10.1 Å². The Bertz CT molecular complexity index is 1150. The van der Waals surface area contributed by atoms with Gasteiger partial charge in [-0.25, -0.2) is 4.98 Å². The summed E-state index contributed by atoms with van der Waals surface area (Å²) >= 11 is 0. The lowest BCUT2D eigenvalue weighted by molar-refractivity contribution is 0.102. The smallest absolute Gasteiger partial charge is 0.258 e. The van der Waals surface area contributed by atoms with Gasteiger partial charge in [-0.2, -0.15) is 0 Å². The lowest BCUT2D eigenvalue weighted by Crippen LogP contribution is -2.17. The summed E-state index contributed by atoms with van der Waals surface area (Å²) in [4.78, 5) is 19.5. The van der Waals surface area contributed by atoms with E-state index in [0.29, 0.717) is 28.1 Å². The molecule has 0 unspecified atom stereocenters. The molecule has 2 aromatic heterocycles. The molecule has 0 saturated heterocycles. The summed E-state index contributed by atoms with van der Waals surface area (Å²) in [6.07, 6.45) is 0. The Labute approximate surface area is 162 Å². The van der Waals surface area contributed by atoms with Gasteiger partial charge in [0, 0.05) is 18.4 Å². The van der Waals surface area contributed by atoms with Gasteiger partial charge in [0.1, 0.15) is 0 Å². The number of para-hydroxylation sites is 3. The van der Waals surface area contributed by atoms with Crippen LogP contribution >= 0.6 is 0 Å². The van der Waals surface area contributed by atoms with E-state index in [2.05, 4.69) is 15.5 Å². The Balaban J connectivity index is 1.71. The molecule has 0 atom stereocenters. The minimum absolute atomic E-state index is 0.226. The first-order valence-electron chi connectivity index (χ1n) is 8.97. The first kappa shape index (κ1) is 17.7. The molecule has 1 amide bonds. The van der Waals surface area contributed by atoms with Crippen molar-refractivity contribution < 1.29 is 9.32 Å². The van der Waals surface area contributed by atoms with Crippen LogP contribution in [0.3, 0.4) is 0 Å². The maximum absolute atomic E-state index is 13.1. The number of aryl methyl sites for hydroxylation is 2. The summed E-state index contributed by atoms with van der Waals surface area (Å²) in [6, 6.07) is 19.5. The fourth-order valence-electron chi connectivity index (χ4n) is 3.25. The minimum atomic E-state index is -0.226. The summed E-state index contributed by atoms with van der Waals surface area (Å²) in [5.74, 6) is -0.226. The molecular weight excluding hydrogens is 352 g/mol. The van der Waals surface area contributed by atoms with Gasteiger partial charge >= 0.3 is 0 Å². The standard InChI is InChI=1S/C22H20N4O2/c1-14-13-17(20-15(2)25-28-22(20)23-14)21(27)24-18-11-7-8-12-19(18)26(3)16-9-5-4-6-10-16/h4-13H,1-3H3,(H,24,27). The van der Waals surface area contributed by atoms with Crippen molar-refractivity contribution in [1.29, 1.82) is 0 Å². The number of fused-ring (bicyclic) bond motifs is 1. The Hall–Kier alpha value is -3.67. The number of carbonyl (C=O) groups is 1. The van der Waals surface area contributed by atoms with Crippen LogP contribution in [0.2, 0.25) is 0 Å². The Kier molecular flexibility index (Phi) is 4.53. The quantitative estimate of drug-likeness (QED) is 0.554. The largest absolute Gasteiger partial charge is 0.343 e. The highest BCUT2D eigenvalue weighted by molar-refractivity contribution is 6.13. The summed E-state index contributed by atoms with van der Waals surface area (Å²) in [6.45, 7) is 3.63.